The summed E-state index contributed by atoms with van der Waals surface area (Å²) in [5, 5.41) is 5.74. The van der Waals surface area contributed by atoms with Crippen molar-refractivity contribution in [3.63, 3.8) is 0 Å². The van der Waals surface area contributed by atoms with E-state index in [9.17, 15) is 14.4 Å². The summed E-state index contributed by atoms with van der Waals surface area (Å²) in [4.78, 5) is 43.4. The number of rotatable bonds is 8. The largest absolute Gasteiger partial charge is 0.329 e. The summed E-state index contributed by atoms with van der Waals surface area (Å²) in [7, 11) is 0. The Labute approximate surface area is 187 Å². The molecule has 1 aliphatic heterocycles. The molecule has 4 rings (SSSR count). The number of thioether (sulfide) groups is 1. The first-order valence-electron chi connectivity index (χ1n) is 9.90. The molecule has 0 atom stereocenters. The van der Waals surface area contributed by atoms with Crippen LogP contribution in [0.25, 0.3) is 21.3 Å². The Balaban J connectivity index is 1.59. The van der Waals surface area contributed by atoms with Gasteiger partial charge in [0.25, 0.3) is 5.56 Å². The summed E-state index contributed by atoms with van der Waals surface area (Å²) in [6, 6.07) is 7.76. The summed E-state index contributed by atoms with van der Waals surface area (Å²) in [5.41, 5.74) is 2.97. The maximum atomic E-state index is 13.4. The van der Waals surface area contributed by atoms with Gasteiger partial charge < -0.3 is 5.32 Å². The molecular weight excluding hydrogens is 432 g/mol. The average molecular weight is 455 g/mol. The molecule has 1 saturated heterocycles. The van der Waals surface area contributed by atoms with Crippen molar-refractivity contribution in [3.8, 4) is 11.1 Å². The zero-order valence-corrected chi connectivity index (χ0v) is 18.7. The number of benzene rings is 1. The SMILES string of the molecule is C=CCn1c(SCCCN2C(=O)CNC2=O)nc2scc(-c3ccc(C)cc3)c2c1=O. The number of carbonyl (C=O) groups excluding carboxylic acids is 2. The lowest BCUT2D eigenvalue weighted by atomic mass is 10.1. The van der Waals surface area contributed by atoms with E-state index in [0.717, 1.165) is 16.7 Å². The highest BCUT2D eigenvalue weighted by Crippen LogP contribution is 2.32. The van der Waals surface area contributed by atoms with Gasteiger partial charge in [0.15, 0.2) is 5.16 Å². The summed E-state index contributed by atoms with van der Waals surface area (Å²) < 4.78 is 1.64. The van der Waals surface area contributed by atoms with Crippen molar-refractivity contribution < 1.29 is 9.59 Å². The molecule has 1 aromatic carbocycles. The van der Waals surface area contributed by atoms with Gasteiger partial charge in [-0.1, -0.05) is 47.7 Å². The van der Waals surface area contributed by atoms with Crippen LogP contribution in [0.15, 0.2) is 52.3 Å². The van der Waals surface area contributed by atoms with Crippen molar-refractivity contribution in [1.29, 1.82) is 0 Å². The first-order valence-corrected chi connectivity index (χ1v) is 11.8. The first-order chi connectivity index (χ1) is 15.0. The van der Waals surface area contributed by atoms with E-state index in [-0.39, 0.29) is 24.0 Å². The molecule has 2 aromatic heterocycles. The van der Waals surface area contributed by atoms with Gasteiger partial charge >= 0.3 is 6.03 Å². The fraction of sp³-hybridized carbons (Fsp3) is 0.273. The van der Waals surface area contributed by atoms with Crippen molar-refractivity contribution in [2.45, 2.75) is 25.0 Å². The van der Waals surface area contributed by atoms with Crippen LogP contribution in [-0.4, -0.2) is 45.2 Å². The molecule has 1 N–H and O–H groups in total. The number of allylic oxidation sites excluding steroid dienone is 1. The number of thiophene rings is 1. The molecule has 31 heavy (non-hydrogen) atoms. The van der Waals surface area contributed by atoms with Crippen LogP contribution in [0.2, 0.25) is 0 Å². The number of aromatic nitrogens is 2. The molecule has 9 heteroatoms. The second-order valence-corrected chi connectivity index (χ2v) is 9.12. The molecule has 3 heterocycles. The molecule has 0 radical (unpaired) electrons. The third-order valence-electron chi connectivity index (χ3n) is 5.03. The number of nitrogens with one attached hydrogen (secondary N) is 1. The minimum atomic E-state index is -0.347. The van der Waals surface area contributed by atoms with Crippen LogP contribution in [0.3, 0.4) is 0 Å². The number of amides is 3. The number of fused-ring (bicyclic) bond motifs is 1. The monoisotopic (exact) mass is 454 g/mol. The quantitative estimate of drug-likeness (QED) is 0.185. The van der Waals surface area contributed by atoms with Gasteiger partial charge in [-0.05, 0) is 18.9 Å². The van der Waals surface area contributed by atoms with Gasteiger partial charge in [-0.15, -0.1) is 17.9 Å². The molecule has 0 saturated carbocycles. The van der Waals surface area contributed by atoms with Gasteiger partial charge in [0.2, 0.25) is 5.91 Å². The highest BCUT2D eigenvalue weighted by atomic mass is 32.2. The second kappa shape index (κ2) is 9.07. The number of carbonyl (C=O) groups is 2. The Bertz CT molecular complexity index is 1200. The van der Waals surface area contributed by atoms with Gasteiger partial charge in [-0.25, -0.2) is 9.78 Å². The van der Waals surface area contributed by atoms with Gasteiger partial charge in [0.1, 0.15) is 4.83 Å². The Morgan fingerprint density at radius 3 is 2.71 bits per heavy atom. The van der Waals surface area contributed by atoms with Crippen LogP contribution >= 0.6 is 23.1 Å². The summed E-state index contributed by atoms with van der Waals surface area (Å²) in [6.45, 7) is 6.58. The van der Waals surface area contributed by atoms with Crippen LogP contribution in [0.5, 0.6) is 0 Å². The van der Waals surface area contributed by atoms with E-state index in [0.29, 0.717) is 40.6 Å². The number of imide groups is 1. The molecule has 3 amide bonds. The molecule has 0 aliphatic carbocycles. The van der Waals surface area contributed by atoms with E-state index in [1.807, 2.05) is 36.6 Å². The molecular formula is C22H22N4O3S2. The van der Waals surface area contributed by atoms with Crippen molar-refractivity contribution in [2.24, 2.45) is 0 Å². The first kappa shape index (κ1) is 21.3. The maximum Gasteiger partial charge on any atom is 0.324 e. The summed E-state index contributed by atoms with van der Waals surface area (Å²) >= 11 is 2.91. The predicted molar refractivity (Wildman–Crippen MR) is 125 cm³/mol. The van der Waals surface area contributed by atoms with Gasteiger partial charge in [-0.3, -0.25) is 19.1 Å². The third-order valence-corrected chi connectivity index (χ3v) is 6.96. The number of nitrogens with zero attached hydrogens (tertiary/aromatic N) is 3. The molecule has 1 fully saturated rings. The van der Waals surface area contributed by atoms with E-state index < -0.39 is 0 Å². The minimum Gasteiger partial charge on any atom is -0.329 e. The maximum absolute atomic E-state index is 13.4. The predicted octanol–water partition coefficient (Wildman–Crippen LogP) is 3.65. The van der Waals surface area contributed by atoms with Gasteiger partial charge in [0, 0.05) is 29.8 Å². The highest BCUT2D eigenvalue weighted by molar-refractivity contribution is 7.99. The van der Waals surface area contributed by atoms with Crippen LogP contribution in [0.4, 0.5) is 4.79 Å². The van der Waals surface area contributed by atoms with Crippen molar-refractivity contribution >= 4 is 45.3 Å². The fourth-order valence-corrected chi connectivity index (χ4v) is 5.34. The Hall–Kier alpha value is -2.91. The minimum absolute atomic E-state index is 0.0603. The zero-order valence-electron chi connectivity index (χ0n) is 17.1. The lowest BCUT2D eigenvalue weighted by Crippen LogP contribution is -2.32. The molecule has 0 bridgehead atoms. The summed E-state index contributed by atoms with van der Waals surface area (Å²) in [6.07, 6.45) is 2.30. The fourth-order valence-electron chi connectivity index (χ4n) is 3.42. The summed E-state index contributed by atoms with van der Waals surface area (Å²) in [5.74, 6) is 0.419. The number of urea groups is 1. The van der Waals surface area contributed by atoms with E-state index in [1.165, 1.54) is 28.0 Å². The second-order valence-electron chi connectivity index (χ2n) is 7.20. The number of hydrogen-bond donors (Lipinski definition) is 1. The van der Waals surface area contributed by atoms with Crippen LogP contribution in [-0.2, 0) is 11.3 Å². The molecule has 1 aliphatic rings. The molecule has 7 nitrogen and oxygen atoms in total. The smallest absolute Gasteiger partial charge is 0.324 e. The molecule has 160 valence electrons. The Morgan fingerprint density at radius 1 is 1.26 bits per heavy atom. The van der Waals surface area contributed by atoms with E-state index >= 15 is 0 Å². The topological polar surface area (TPSA) is 84.3 Å². The van der Waals surface area contributed by atoms with Crippen LogP contribution < -0.4 is 10.9 Å². The molecule has 0 unspecified atom stereocenters. The Morgan fingerprint density at radius 2 is 2.03 bits per heavy atom. The van der Waals surface area contributed by atoms with Gasteiger partial charge in [-0.2, -0.15) is 0 Å². The van der Waals surface area contributed by atoms with Crippen LogP contribution in [0, 0.1) is 6.92 Å². The van der Waals surface area contributed by atoms with E-state index in [4.69, 9.17) is 4.98 Å². The zero-order chi connectivity index (χ0) is 22.0. The number of hydrogen-bond acceptors (Lipinski definition) is 6. The van der Waals surface area contributed by atoms with E-state index in [2.05, 4.69) is 11.9 Å². The normalized spacial score (nSPS) is 13.8. The Kier molecular flexibility index (Phi) is 6.24. The van der Waals surface area contributed by atoms with Crippen molar-refractivity contribution in [3.05, 3.63) is 58.2 Å². The third kappa shape index (κ3) is 4.28. The average Bonchev–Trinajstić information content (AvgIpc) is 3.32. The van der Waals surface area contributed by atoms with Crippen LogP contribution in [0.1, 0.15) is 12.0 Å². The molecule has 3 aromatic rings. The van der Waals surface area contributed by atoms with Crippen molar-refractivity contribution in [2.75, 3.05) is 18.8 Å². The standard InChI is InChI=1S/C22H22N4O3S2/c1-3-9-26-20(28)18-16(15-7-5-14(2)6-8-15)13-31-19(18)24-22(26)30-11-4-10-25-17(27)12-23-21(25)29/h3,5-8,13H,1,4,9-12H2,2H3,(H,23,29). The lowest BCUT2D eigenvalue weighted by molar-refractivity contribution is -0.124. The highest BCUT2D eigenvalue weighted by Gasteiger charge is 2.27. The van der Waals surface area contributed by atoms with Gasteiger partial charge in [0.05, 0.1) is 11.9 Å². The van der Waals surface area contributed by atoms with Crippen molar-refractivity contribution in [1.82, 2.24) is 19.8 Å². The lowest BCUT2D eigenvalue weighted by Gasteiger charge is -2.13. The number of aryl methyl sites for hydroxylation is 1. The van der Waals surface area contributed by atoms with E-state index in [1.54, 1.807) is 10.6 Å². The molecule has 0 spiro atoms.